The Hall–Kier alpha value is -0.610. The summed E-state index contributed by atoms with van der Waals surface area (Å²) in [5.74, 6) is 0.693. The highest BCUT2D eigenvalue weighted by atomic mass is 16.5. The Kier molecular flexibility index (Phi) is 4.90. The molecule has 4 heteroatoms. The van der Waals surface area contributed by atoms with Gasteiger partial charge in [-0.25, -0.2) is 0 Å². The molecule has 0 radical (unpaired) electrons. The van der Waals surface area contributed by atoms with Crippen molar-refractivity contribution in [2.75, 3.05) is 32.8 Å². The van der Waals surface area contributed by atoms with E-state index in [1.165, 1.54) is 0 Å². The minimum atomic E-state index is 0.168. The lowest BCUT2D eigenvalue weighted by atomic mass is 10.1. The molecule has 0 bridgehead atoms. The summed E-state index contributed by atoms with van der Waals surface area (Å²) in [7, 11) is 0. The van der Waals surface area contributed by atoms with Crippen molar-refractivity contribution < 1.29 is 9.53 Å². The fourth-order valence-corrected chi connectivity index (χ4v) is 1.73. The predicted octanol–water partition coefficient (Wildman–Crippen LogP) is 0.220. The van der Waals surface area contributed by atoms with Gasteiger partial charge < -0.3 is 15.4 Å². The van der Waals surface area contributed by atoms with Crippen LogP contribution in [0.25, 0.3) is 0 Å². The Labute approximate surface area is 85.4 Å². The number of hydrogen-bond acceptors (Lipinski definition) is 3. The molecule has 1 saturated heterocycles. The van der Waals surface area contributed by atoms with Crippen LogP contribution in [-0.4, -0.2) is 43.7 Å². The van der Waals surface area contributed by atoms with Gasteiger partial charge in [-0.1, -0.05) is 0 Å². The van der Waals surface area contributed by atoms with Gasteiger partial charge in [0.15, 0.2) is 0 Å². The summed E-state index contributed by atoms with van der Waals surface area (Å²) in [4.78, 5) is 13.4. The van der Waals surface area contributed by atoms with Gasteiger partial charge in [-0.05, 0) is 13.3 Å². The van der Waals surface area contributed by atoms with Crippen LogP contribution < -0.4 is 5.73 Å². The zero-order chi connectivity index (χ0) is 10.4. The van der Waals surface area contributed by atoms with Crippen LogP contribution in [0.2, 0.25) is 0 Å². The second-order valence-electron chi connectivity index (χ2n) is 3.70. The van der Waals surface area contributed by atoms with Gasteiger partial charge in [0.1, 0.15) is 0 Å². The van der Waals surface area contributed by atoms with E-state index in [1.807, 2.05) is 11.8 Å². The molecule has 1 amide bonds. The van der Waals surface area contributed by atoms with E-state index >= 15 is 0 Å². The van der Waals surface area contributed by atoms with Crippen molar-refractivity contribution in [3.8, 4) is 0 Å². The second kappa shape index (κ2) is 5.98. The lowest BCUT2D eigenvalue weighted by Gasteiger charge is -2.23. The van der Waals surface area contributed by atoms with Gasteiger partial charge in [0.05, 0.1) is 6.61 Å². The molecule has 0 aliphatic carbocycles. The summed E-state index contributed by atoms with van der Waals surface area (Å²) in [6.45, 7) is 5.69. The zero-order valence-electron chi connectivity index (χ0n) is 8.87. The molecule has 82 valence electrons. The first-order valence-corrected chi connectivity index (χ1v) is 5.33. The predicted molar refractivity (Wildman–Crippen MR) is 54.9 cm³/mol. The van der Waals surface area contributed by atoms with E-state index in [0.29, 0.717) is 18.9 Å². The van der Waals surface area contributed by atoms with E-state index < -0.39 is 0 Å². The molecule has 14 heavy (non-hydrogen) atoms. The fourth-order valence-electron chi connectivity index (χ4n) is 1.73. The number of amides is 1. The molecule has 1 unspecified atom stereocenters. The topological polar surface area (TPSA) is 55.6 Å². The van der Waals surface area contributed by atoms with E-state index in [2.05, 4.69) is 0 Å². The van der Waals surface area contributed by atoms with Crippen LogP contribution in [0, 0.1) is 5.92 Å². The van der Waals surface area contributed by atoms with Crippen molar-refractivity contribution in [2.24, 2.45) is 11.7 Å². The summed E-state index contributed by atoms with van der Waals surface area (Å²) in [6, 6.07) is 0. The number of hydrogen-bond donors (Lipinski definition) is 1. The number of carbonyl (C=O) groups is 1. The minimum Gasteiger partial charge on any atom is -0.381 e. The van der Waals surface area contributed by atoms with E-state index in [1.54, 1.807) is 0 Å². The Morgan fingerprint density at radius 1 is 1.64 bits per heavy atom. The van der Waals surface area contributed by atoms with Crippen LogP contribution in [-0.2, 0) is 9.53 Å². The lowest BCUT2D eigenvalue weighted by Crippen LogP contribution is -2.36. The highest BCUT2D eigenvalue weighted by molar-refractivity contribution is 5.76. The molecule has 1 aliphatic rings. The SMILES string of the molecule is CCN(CC1CCOC1)C(=O)CCN. The van der Waals surface area contributed by atoms with Crippen LogP contribution >= 0.6 is 0 Å². The number of nitrogens with two attached hydrogens (primary N) is 1. The standard InChI is InChI=1S/C10H20N2O2/c1-2-12(10(13)3-5-11)7-9-4-6-14-8-9/h9H,2-8,11H2,1H3. The van der Waals surface area contributed by atoms with Gasteiger partial charge >= 0.3 is 0 Å². The maximum absolute atomic E-state index is 11.6. The number of ether oxygens (including phenoxy) is 1. The highest BCUT2D eigenvalue weighted by Crippen LogP contribution is 2.14. The van der Waals surface area contributed by atoms with E-state index in [-0.39, 0.29) is 5.91 Å². The molecule has 1 fully saturated rings. The molecule has 0 aromatic rings. The van der Waals surface area contributed by atoms with Gasteiger partial charge in [0, 0.05) is 38.6 Å². The average Bonchev–Trinajstić information content (AvgIpc) is 2.66. The van der Waals surface area contributed by atoms with Gasteiger partial charge in [-0.3, -0.25) is 4.79 Å². The number of nitrogens with zero attached hydrogens (tertiary/aromatic N) is 1. The van der Waals surface area contributed by atoms with E-state index in [9.17, 15) is 4.79 Å². The molecule has 1 aliphatic heterocycles. The van der Waals surface area contributed by atoms with Gasteiger partial charge in [0.25, 0.3) is 0 Å². The Morgan fingerprint density at radius 2 is 2.43 bits per heavy atom. The van der Waals surface area contributed by atoms with Crippen molar-refractivity contribution in [1.82, 2.24) is 4.90 Å². The van der Waals surface area contributed by atoms with Crippen LogP contribution in [0.3, 0.4) is 0 Å². The minimum absolute atomic E-state index is 0.168. The molecule has 0 aromatic heterocycles. The molecular formula is C10H20N2O2. The van der Waals surface area contributed by atoms with Crippen LogP contribution in [0.1, 0.15) is 19.8 Å². The number of carbonyl (C=O) groups excluding carboxylic acids is 1. The van der Waals surface area contributed by atoms with Crippen molar-refractivity contribution in [1.29, 1.82) is 0 Å². The Bertz CT molecular complexity index is 179. The molecule has 1 heterocycles. The third kappa shape index (κ3) is 3.27. The second-order valence-corrected chi connectivity index (χ2v) is 3.70. The molecule has 0 spiro atoms. The molecule has 0 saturated carbocycles. The summed E-state index contributed by atoms with van der Waals surface area (Å²) in [5, 5.41) is 0. The zero-order valence-corrected chi connectivity index (χ0v) is 8.87. The third-order valence-electron chi connectivity index (χ3n) is 2.60. The third-order valence-corrected chi connectivity index (χ3v) is 2.60. The largest absolute Gasteiger partial charge is 0.381 e. The van der Waals surface area contributed by atoms with Crippen LogP contribution in [0.15, 0.2) is 0 Å². The molecule has 4 nitrogen and oxygen atoms in total. The van der Waals surface area contributed by atoms with Crippen molar-refractivity contribution in [3.05, 3.63) is 0 Å². The fraction of sp³-hybridized carbons (Fsp3) is 0.900. The molecule has 1 rings (SSSR count). The van der Waals surface area contributed by atoms with E-state index in [4.69, 9.17) is 10.5 Å². The summed E-state index contributed by atoms with van der Waals surface area (Å²) >= 11 is 0. The van der Waals surface area contributed by atoms with Gasteiger partial charge in [0.2, 0.25) is 5.91 Å². The number of rotatable bonds is 5. The summed E-state index contributed by atoms with van der Waals surface area (Å²) < 4.78 is 5.28. The molecule has 2 N–H and O–H groups in total. The molecule has 0 aromatic carbocycles. The van der Waals surface area contributed by atoms with Crippen LogP contribution in [0.4, 0.5) is 0 Å². The maximum atomic E-state index is 11.6. The van der Waals surface area contributed by atoms with Crippen molar-refractivity contribution >= 4 is 5.91 Å². The normalized spacial score (nSPS) is 21.1. The Balaban J connectivity index is 2.33. The highest BCUT2D eigenvalue weighted by Gasteiger charge is 2.20. The van der Waals surface area contributed by atoms with Crippen molar-refractivity contribution in [3.63, 3.8) is 0 Å². The first-order chi connectivity index (χ1) is 6.77. The first kappa shape index (κ1) is 11.5. The van der Waals surface area contributed by atoms with E-state index in [0.717, 1.165) is 32.7 Å². The summed E-state index contributed by atoms with van der Waals surface area (Å²) in [5.41, 5.74) is 5.36. The lowest BCUT2D eigenvalue weighted by molar-refractivity contribution is -0.131. The first-order valence-electron chi connectivity index (χ1n) is 5.33. The van der Waals surface area contributed by atoms with Crippen LogP contribution in [0.5, 0.6) is 0 Å². The maximum Gasteiger partial charge on any atom is 0.223 e. The molecular weight excluding hydrogens is 180 g/mol. The average molecular weight is 200 g/mol. The molecule has 1 atom stereocenters. The smallest absolute Gasteiger partial charge is 0.223 e. The monoisotopic (exact) mass is 200 g/mol. The van der Waals surface area contributed by atoms with Gasteiger partial charge in [-0.2, -0.15) is 0 Å². The quantitative estimate of drug-likeness (QED) is 0.690. The van der Waals surface area contributed by atoms with Crippen molar-refractivity contribution in [2.45, 2.75) is 19.8 Å². The summed E-state index contributed by atoms with van der Waals surface area (Å²) in [6.07, 6.45) is 1.54. The Morgan fingerprint density at radius 3 is 2.93 bits per heavy atom. The van der Waals surface area contributed by atoms with Gasteiger partial charge in [-0.15, -0.1) is 0 Å².